The molecule has 0 saturated carbocycles. The standard InChI is InChI=1S/C11H16BrClN2/c1-9(13)3-2-4-14-6-10-5-11(12)8-15-7-10/h5,7-9,14H,2-4,6H2,1H3. The SMILES string of the molecule is CC(Cl)CCCNCc1cncc(Br)c1. The van der Waals surface area contributed by atoms with Crippen molar-refractivity contribution < 1.29 is 0 Å². The van der Waals surface area contributed by atoms with Gasteiger partial charge >= 0.3 is 0 Å². The van der Waals surface area contributed by atoms with Gasteiger partial charge in [0, 0.05) is 28.8 Å². The fourth-order valence-corrected chi connectivity index (χ4v) is 1.86. The van der Waals surface area contributed by atoms with Crippen molar-refractivity contribution in [1.82, 2.24) is 10.3 Å². The Labute approximate surface area is 105 Å². The Morgan fingerprint density at radius 2 is 2.33 bits per heavy atom. The molecule has 0 spiro atoms. The first-order valence-electron chi connectivity index (χ1n) is 5.12. The summed E-state index contributed by atoms with van der Waals surface area (Å²) in [6.07, 6.45) is 5.85. The predicted molar refractivity (Wildman–Crippen MR) is 68.2 cm³/mol. The Bertz CT molecular complexity index is 292. The van der Waals surface area contributed by atoms with Gasteiger partial charge < -0.3 is 5.32 Å². The molecule has 1 heterocycles. The molecule has 4 heteroatoms. The lowest BCUT2D eigenvalue weighted by Crippen LogP contribution is -2.15. The quantitative estimate of drug-likeness (QED) is 0.642. The van der Waals surface area contributed by atoms with Crippen LogP contribution in [-0.2, 0) is 6.54 Å². The number of pyridine rings is 1. The maximum Gasteiger partial charge on any atom is 0.0410 e. The van der Waals surface area contributed by atoms with E-state index in [4.69, 9.17) is 11.6 Å². The highest BCUT2D eigenvalue weighted by molar-refractivity contribution is 9.10. The van der Waals surface area contributed by atoms with Crippen LogP contribution in [0.1, 0.15) is 25.3 Å². The van der Waals surface area contributed by atoms with Gasteiger partial charge in [0.2, 0.25) is 0 Å². The summed E-state index contributed by atoms with van der Waals surface area (Å²) in [5, 5.41) is 3.64. The molecule has 0 aromatic carbocycles. The van der Waals surface area contributed by atoms with Gasteiger partial charge in [-0.3, -0.25) is 4.98 Å². The van der Waals surface area contributed by atoms with Gasteiger partial charge in [-0.15, -0.1) is 11.6 Å². The van der Waals surface area contributed by atoms with E-state index in [1.54, 1.807) is 6.20 Å². The molecule has 1 rings (SSSR count). The topological polar surface area (TPSA) is 24.9 Å². The van der Waals surface area contributed by atoms with Gasteiger partial charge in [0.1, 0.15) is 0 Å². The molecule has 0 aliphatic rings. The van der Waals surface area contributed by atoms with Crippen LogP contribution in [0.4, 0.5) is 0 Å². The highest BCUT2D eigenvalue weighted by Gasteiger charge is 1.97. The van der Waals surface area contributed by atoms with Crippen molar-refractivity contribution in [3.63, 3.8) is 0 Å². The molecule has 0 bridgehead atoms. The van der Waals surface area contributed by atoms with E-state index in [1.807, 2.05) is 13.1 Å². The lowest BCUT2D eigenvalue weighted by Gasteiger charge is -2.05. The zero-order chi connectivity index (χ0) is 11.1. The van der Waals surface area contributed by atoms with Crippen LogP contribution in [0.2, 0.25) is 0 Å². The van der Waals surface area contributed by atoms with E-state index in [2.05, 4.69) is 32.3 Å². The van der Waals surface area contributed by atoms with E-state index >= 15 is 0 Å². The highest BCUT2D eigenvalue weighted by atomic mass is 79.9. The Morgan fingerprint density at radius 1 is 1.53 bits per heavy atom. The second-order valence-corrected chi connectivity index (χ2v) is 5.27. The summed E-state index contributed by atoms with van der Waals surface area (Å²) in [7, 11) is 0. The number of nitrogens with one attached hydrogen (secondary N) is 1. The van der Waals surface area contributed by atoms with Gasteiger partial charge in [-0.2, -0.15) is 0 Å². The van der Waals surface area contributed by atoms with Crippen LogP contribution in [-0.4, -0.2) is 16.9 Å². The average molecular weight is 292 g/mol. The predicted octanol–water partition coefficient (Wildman–Crippen LogP) is 3.34. The second-order valence-electron chi connectivity index (χ2n) is 3.61. The normalized spacial score (nSPS) is 12.7. The number of alkyl halides is 1. The van der Waals surface area contributed by atoms with Gasteiger partial charge in [-0.1, -0.05) is 0 Å². The summed E-state index contributed by atoms with van der Waals surface area (Å²) >= 11 is 9.25. The van der Waals surface area contributed by atoms with Crippen molar-refractivity contribution in [3.05, 3.63) is 28.5 Å². The average Bonchev–Trinajstić information content (AvgIpc) is 2.17. The van der Waals surface area contributed by atoms with Crippen LogP contribution in [0.5, 0.6) is 0 Å². The first-order chi connectivity index (χ1) is 7.18. The monoisotopic (exact) mass is 290 g/mol. The number of halogens is 2. The van der Waals surface area contributed by atoms with Crippen LogP contribution in [0.15, 0.2) is 22.9 Å². The first-order valence-corrected chi connectivity index (χ1v) is 6.35. The summed E-state index contributed by atoms with van der Waals surface area (Å²) in [6, 6.07) is 2.07. The molecule has 0 fully saturated rings. The van der Waals surface area contributed by atoms with Crippen LogP contribution < -0.4 is 5.32 Å². The van der Waals surface area contributed by atoms with Crippen LogP contribution in [0.25, 0.3) is 0 Å². The van der Waals surface area contributed by atoms with Crippen molar-refractivity contribution in [2.24, 2.45) is 0 Å². The van der Waals surface area contributed by atoms with Crippen LogP contribution in [0, 0.1) is 0 Å². The molecule has 84 valence electrons. The molecule has 0 radical (unpaired) electrons. The van der Waals surface area contributed by atoms with Gasteiger partial charge in [-0.05, 0) is 53.9 Å². The third-order valence-electron chi connectivity index (χ3n) is 2.05. The van der Waals surface area contributed by atoms with E-state index in [0.29, 0.717) is 0 Å². The lowest BCUT2D eigenvalue weighted by molar-refractivity contribution is 0.618. The van der Waals surface area contributed by atoms with Gasteiger partial charge in [0.05, 0.1) is 0 Å². The maximum atomic E-state index is 5.85. The molecule has 1 N–H and O–H groups in total. The van der Waals surface area contributed by atoms with Crippen molar-refractivity contribution in [3.8, 4) is 0 Å². The van der Waals surface area contributed by atoms with Crippen LogP contribution >= 0.6 is 27.5 Å². The van der Waals surface area contributed by atoms with Gasteiger partial charge in [-0.25, -0.2) is 0 Å². The fraction of sp³-hybridized carbons (Fsp3) is 0.545. The van der Waals surface area contributed by atoms with E-state index in [9.17, 15) is 0 Å². The fourth-order valence-electron chi connectivity index (χ4n) is 1.29. The molecular weight excluding hydrogens is 275 g/mol. The Hall–Kier alpha value is -0.120. The van der Waals surface area contributed by atoms with E-state index in [-0.39, 0.29) is 5.38 Å². The molecule has 1 aromatic rings. The minimum absolute atomic E-state index is 0.277. The summed E-state index contributed by atoms with van der Waals surface area (Å²) in [5.74, 6) is 0. The van der Waals surface area contributed by atoms with Gasteiger partial charge in [0.25, 0.3) is 0 Å². The third kappa shape index (κ3) is 6.13. The number of hydrogen-bond acceptors (Lipinski definition) is 2. The minimum Gasteiger partial charge on any atom is -0.313 e. The Balaban J connectivity index is 2.15. The zero-order valence-corrected chi connectivity index (χ0v) is 11.2. The molecule has 0 amide bonds. The molecular formula is C11H16BrClN2. The summed E-state index contributed by atoms with van der Waals surface area (Å²) in [6.45, 7) is 3.90. The highest BCUT2D eigenvalue weighted by Crippen LogP contribution is 2.09. The number of nitrogens with zero attached hydrogens (tertiary/aromatic N) is 1. The number of rotatable bonds is 6. The molecule has 1 aromatic heterocycles. The van der Waals surface area contributed by atoms with E-state index in [0.717, 1.165) is 30.4 Å². The summed E-state index contributed by atoms with van der Waals surface area (Å²) < 4.78 is 1.02. The largest absolute Gasteiger partial charge is 0.313 e. The summed E-state index contributed by atoms with van der Waals surface area (Å²) in [5.41, 5.74) is 1.20. The van der Waals surface area contributed by atoms with Crippen molar-refractivity contribution in [2.45, 2.75) is 31.7 Å². The molecule has 1 unspecified atom stereocenters. The minimum atomic E-state index is 0.277. The molecule has 0 aliphatic heterocycles. The lowest BCUT2D eigenvalue weighted by atomic mass is 10.2. The maximum absolute atomic E-state index is 5.85. The molecule has 2 nitrogen and oxygen atoms in total. The van der Waals surface area contributed by atoms with Crippen molar-refractivity contribution in [2.75, 3.05) is 6.54 Å². The van der Waals surface area contributed by atoms with E-state index < -0.39 is 0 Å². The first kappa shape index (κ1) is 12.9. The Morgan fingerprint density at radius 3 is 3.00 bits per heavy atom. The zero-order valence-electron chi connectivity index (χ0n) is 8.84. The molecule has 1 atom stereocenters. The third-order valence-corrected chi connectivity index (χ3v) is 2.70. The second kappa shape index (κ2) is 7.20. The van der Waals surface area contributed by atoms with Crippen molar-refractivity contribution in [1.29, 1.82) is 0 Å². The Kier molecular flexibility index (Phi) is 6.22. The molecule has 15 heavy (non-hydrogen) atoms. The summed E-state index contributed by atoms with van der Waals surface area (Å²) in [4.78, 5) is 4.10. The van der Waals surface area contributed by atoms with Gasteiger partial charge in [0.15, 0.2) is 0 Å². The van der Waals surface area contributed by atoms with Crippen molar-refractivity contribution >= 4 is 27.5 Å². The molecule has 0 aliphatic carbocycles. The molecule has 0 saturated heterocycles. The van der Waals surface area contributed by atoms with E-state index in [1.165, 1.54) is 5.56 Å². The number of aromatic nitrogens is 1. The number of hydrogen-bond donors (Lipinski definition) is 1. The smallest absolute Gasteiger partial charge is 0.0410 e. The van der Waals surface area contributed by atoms with Crippen LogP contribution in [0.3, 0.4) is 0 Å².